The molecule has 1 aliphatic rings. The van der Waals surface area contributed by atoms with Crippen molar-refractivity contribution in [2.75, 3.05) is 33.8 Å². The maximum atomic E-state index is 12.4. The van der Waals surface area contributed by atoms with Gasteiger partial charge in [0.2, 0.25) is 0 Å². The van der Waals surface area contributed by atoms with Crippen molar-refractivity contribution in [3.8, 4) is 5.75 Å². The molecule has 0 saturated carbocycles. The molecule has 2 aromatic rings. The van der Waals surface area contributed by atoms with Crippen molar-refractivity contribution in [3.63, 3.8) is 0 Å². The van der Waals surface area contributed by atoms with Crippen LogP contribution in [-0.4, -0.2) is 76.9 Å². The summed E-state index contributed by atoms with van der Waals surface area (Å²) >= 11 is 1.58. The number of aliphatic hydroxyl groups is 2. The van der Waals surface area contributed by atoms with E-state index in [4.69, 9.17) is 4.74 Å². The molecule has 0 bridgehead atoms. The molecule has 0 saturated heterocycles. The van der Waals surface area contributed by atoms with E-state index in [1.165, 1.54) is 0 Å². The fraction of sp³-hybridized carbons (Fsp3) is 0.565. The number of aryl methyl sites for hydroxylation is 1. The van der Waals surface area contributed by atoms with Gasteiger partial charge in [0.1, 0.15) is 18.5 Å². The first-order chi connectivity index (χ1) is 14.9. The van der Waals surface area contributed by atoms with Gasteiger partial charge in [-0.1, -0.05) is 6.42 Å². The van der Waals surface area contributed by atoms with E-state index in [2.05, 4.69) is 9.88 Å². The van der Waals surface area contributed by atoms with E-state index in [-0.39, 0.29) is 12.5 Å². The lowest BCUT2D eigenvalue weighted by atomic mass is 10.0. The molecule has 3 rings (SSSR count). The summed E-state index contributed by atoms with van der Waals surface area (Å²) in [7, 11) is 3.47. The lowest BCUT2D eigenvalue weighted by molar-refractivity contribution is -0.0163. The zero-order chi connectivity index (χ0) is 22.2. The molecule has 0 aliphatic carbocycles. The van der Waals surface area contributed by atoms with Crippen LogP contribution in [-0.2, 0) is 13.0 Å². The van der Waals surface area contributed by atoms with Crippen LogP contribution < -0.4 is 4.74 Å². The van der Waals surface area contributed by atoms with E-state index in [1.54, 1.807) is 42.5 Å². The average Bonchev–Trinajstić information content (AvgIpc) is 3.27. The number of thiazole rings is 1. The highest BCUT2D eigenvalue weighted by Gasteiger charge is 2.20. The first-order valence-corrected chi connectivity index (χ1v) is 11.8. The first-order valence-electron chi connectivity index (χ1n) is 10.9. The summed E-state index contributed by atoms with van der Waals surface area (Å²) in [5.74, 6) is 0.624. The van der Waals surface area contributed by atoms with Gasteiger partial charge >= 0.3 is 0 Å². The maximum absolute atomic E-state index is 12.4. The van der Waals surface area contributed by atoms with Crippen LogP contribution in [0, 0.1) is 0 Å². The number of aliphatic hydroxyl groups excluding tert-OH is 2. The minimum absolute atomic E-state index is 0.0151. The Balaban J connectivity index is 1.71. The fourth-order valence-electron chi connectivity index (χ4n) is 3.74. The number of carbonyl (C=O) groups excluding carboxylic acids is 1. The molecule has 0 radical (unpaired) electrons. The second kappa shape index (κ2) is 11.6. The molecule has 1 aromatic carbocycles. The zero-order valence-electron chi connectivity index (χ0n) is 18.4. The standard InChI is InChI=1S/C23H33N3O4S/c1-25(2)23(29)18-7-8-22-17(12-18)6-4-3-5-10-26(13-19-15-31-16-24-19)11-9-20(27)21(28)14-30-22/h7-8,12,15-16,20-21,27-28H,3-6,9-11,13-14H2,1-2H3/t20-,21+/m0/s1. The summed E-state index contributed by atoms with van der Waals surface area (Å²) < 4.78 is 5.87. The molecule has 31 heavy (non-hydrogen) atoms. The SMILES string of the molecule is CN(C)C(=O)c1ccc2c(c1)CCCCCN(Cc1cscn1)CC[C@H](O)[C@H](O)CO2. The Morgan fingerprint density at radius 3 is 2.81 bits per heavy atom. The van der Waals surface area contributed by atoms with Crippen LogP contribution in [0.4, 0.5) is 0 Å². The first kappa shape index (κ1) is 23.7. The fourth-order valence-corrected chi connectivity index (χ4v) is 4.29. The van der Waals surface area contributed by atoms with Crippen LogP contribution in [0.3, 0.4) is 0 Å². The minimum Gasteiger partial charge on any atom is -0.491 e. The summed E-state index contributed by atoms with van der Waals surface area (Å²) in [4.78, 5) is 20.6. The Hall–Kier alpha value is -2.00. The number of aromatic nitrogens is 1. The molecule has 0 unspecified atom stereocenters. The van der Waals surface area contributed by atoms with Crippen LogP contribution in [0.5, 0.6) is 5.75 Å². The van der Waals surface area contributed by atoms with Crippen molar-refractivity contribution in [2.45, 2.75) is 50.9 Å². The lowest BCUT2D eigenvalue weighted by Gasteiger charge is -2.25. The molecule has 1 aliphatic heterocycles. The molecule has 7 nitrogen and oxygen atoms in total. The average molecular weight is 448 g/mol. The van der Waals surface area contributed by atoms with Gasteiger partial charge in [-0.2, -0.15) is 0 Å². The molecule has 0 spiro atoms. The largest absolute Gasteiger partial charge is 0.491 e. The van der Waals surface area contributed by atoms with Crippen molar-refractivity contribution in [1.82, 2.24) is 14.8 Å². The number of benzene rings is 1. The van der Waals surface area contributed by atoms with Gasteiger partial charge in [-0.3, -0.25) is 9.69 Å². The Kier molecular flexibility index (Phi) is 8.83. The molecule has 2 N–H and O–H groups in total. The van der Waals surface area contributed by atoms with Crippen LogP contribution in [0.1, 0.15) is 47.3 Å². The number of nitrogens with zero attached hydrogens (tertiary/aromatic N) is 3. The summed E-state index contributed by atoms with van der Waals surface area (Å²) in [6.07, 6.45) is 2.52. The van der Waals surface area contributed by atoms with Crippen molar-refractivity contribution in [1.29, 1.82) is 0 Å². The van der Waals surface area contributed by atoms with E-state index < -0.39 is 12.2 Å². The molecule has 2 atom stereocenters. The predicted octanol–water partition coefficient (Wildman–Crippen LogP) is 2.56. The van der Waals surface area contributed by atoms with Gasteiger partial charge in [-0.25, -0.2) is 4.98 Å². The second-order valence-electron chi connectivity index (χ2n) is 8.32. The summed E-state index contributed by atoms with van der Waals surface area (Å²) in [5, 5.41) is 22.9. The number of amides is 1. The smallest absolute Gasteiger partial charge is 0.253 e. The van der Waals surface area contributed by atoms with Crippen LogP contribution in [0.15, 0.2) is 29.1 Å². The van der Waals surface area contributed by atoms with Crippen LogP contribution >= 0.6 is 11.3 Å². The topological polar surface area (TPSA) is 86.1 Å². The Morgan fingerprint density at radius 2 is 2.06 bits per heavy atom. The van der Waals surface area contributed by atoms with Gasteiger partial charge in [-0.15, -0.1) is 11.3 Å². The van der Waals surface area contributed by atoms with Crippen molar-refractivity contribution in [2.24, 2.45) is 0 Å². The summed E-state index contributed by atoms with van der Waals surface area (Å²) in [6, 6.07) is 5.44. The van der Waals surface area contributed by atoms with Gasteiger partial charge in [0.15, 0.2) is 0 Å². The highest BCUT2D eigenvalue weighted by molar-refractivity contribution is 7.07. The number of hydrogen-bond donors (Lipinski definition) is 2. The minimum atomic E-state index is -0.972. The molecule has 1 amide bonds. The quantitative estimate of drug-likeness (QED) is 0.752. The molecule has 0 fully saturated rings. The van der Waals surface area contributed by atoms with Crippen molar-refractivity contribution < 1.29 is 19.7 Å². The third-order valence-electron chi connectivity index (χ3n) is 5.60. The van der Waals surface area contributed by atoms with E-state index in [1.807, 2.05) is 17.0 Å². The van der Waals surface area contributed by atoms with Gasteiger partial charge in [0.25, 0.3) is 5.91 Å². The Labute approximate surface area is 188 Å². The third kappa shape index (κ3) is 7.00. The van der Waals surface area contributed by atoms with Gasteiger partial charge < -0.3 is 19.8 Å². The Bertz CT molecular complexity index is 828. The van der Waals surface area contributed by atoms with E-state index >= 15 is 0 Å². The van der Waals surface area contributed by atoms with E-state index in [9.17, 15) is 15.0 Å². The van der Waals surface area contributed by atoms with Crippen LogP contribution in [0.2, 0.25) is 0 Å². The molecular formula is C23H33N3O4S. The van der Waals surface area contributed by atoms with Crippen molar-refractivity contribution in [3.05, 3.63) is 45.9 Å². The summed E-state index contributed by atoms with van der Waals surface area (Å²) in [5.41, 5.74) is 4.47. The molecule has 170 valence electrons. The molecule has 2 heterocycles. The molecule has 8 heteroatoms. The highest BCUT2D eigenvalue weighted by atomic mass is 32.1. The number of fused-ring (bicyclic) bond motifs is 1. The summed E-state index contributed by atoms with van der Waals surface area (Å²) in [6.45, 7) is 2.38. The van der Waals surface area contributed by atoms with E-state index in [0.29, 0.717) is 24.3 Å². The zero-order valence-corrected chi connectivity index (χ0v) is 19.2. The highest BCUT2D eigenvalue weighted by Crippen LogP contribution is 2.24. The predicted molar refractivity (Wildman–Crippen MR) is 122 cm³/mol. The maximum Gasteiger partial charge on any atom is 0.253 e. The molecule has 1 aromatic heterocycles. The Morgan fingerprint density at radius 1 is 1.23 bits per heavy atom. The van der Waals surface area contributed by atoms with Crippen molar-refractivity contribution >= 4 is 17.2 Å². The molecular weight excluding hydrogens is 414 g/mol. The number of ether oxygens (including phenoxy) is 1. The normalized spacial score (nSPS) is 21.5. The number of carbonyl (C=O) groups is 1. The lowest BCUT2D eigenvalue weighted by Crippen LogP contribution is -2.36. The monoisotopic (exact) mass is 447 g/mol. The van der Waals surface area contributed by atoms with Gasteiger partial charge in [0, 0.05) is 38.1 Å². The van der Waals surface area contributed by atoms with Gasteiger partial charge in [-0.05, 0) is 56.0 Å². The van der Waals surface area contributed by atoms with Crippen LogP contribution in [0.25, 0.3) is 0 Å². The van der Waals surface area contributed by atoms with Gasteiger partial charge in [0.05, 0.1) is 17.3 Å². The van der Waals surface area contributed by atoms with E-state index in [0.717, 1.165) is 50.0 Å². The number of hydrogen-bond acceptors (Lipinski definition) is 7. The second-order valence-corrected chi connectivity index (χ2v) is 9.04. The number of rotatable bonds is 3. The third-order valence-corrected chi connectivity index (χ3v) is 6.23.